The predicted molar refractivity (Wildman–Crippen MR) is 121 cm³/mol. The van der Waals surface area contributed by atoms with Crippen molar-refractivity contribution in [3.05, 3.63) is 59.1 Å². The van der Waals surface area contributed by atoms with Gasteiger partial charge in [0.05, 0.1) is 36.6 Å². The van der Waals surface area contributed by atoms with Crippen LogP contribution in [-0.4, -0.2) is 46.7 Å². The molecule has 0 aliphatic carbocycles. The first-order valence-corrected chi connectivity index (χ1v) is 11.3. The first kappa shape index (κ1) is 22.6. The lowest BCUT2D eigenvalue weighted by Crippen LogP contribution is -2.37. The van der Waals surface area contributed by atoms with Gasteiger partial charge in [0, 0.05) is 5.02 Å². The molecule has 170 valence electrons. The fraction of sp³-hybridized carbons (Fsp3) is 0.417. The monoisotopic (exact) mass is 459 g/mol. The van der Waals surface area contributed by atoms with Crippen LogP contribution in [-0.2, 0) is 22.6 Å². The van der Waals surface area contributed by atoms with E-state index < -0.39 is 0 Å². The molecule has 1 aromatic heterocycles. The summed E-state index contributed by atoms with van der Waals surface area (Å²) in [5, 5.41) is 0.653. The second-order valence-electron chi connectivity index (χ2n) is 7.92. The Morgan fingerprint density at radius 2 is 1.94 bits per heavy atom. The molecule has 0 bridgehead atoms. The molecule has 2 aromatic carbocycles. The Bertz CT molecular complexity index is 1060. The summed E-state index contributed by atoms with van der Waals surface area (Å²) in [6, 6.07) is 11.7. The van der Waals surface area contributed by atoms with Crippen LogP contribution in [0.4, 0.5) is 4.39 Å². The van der Waals surface area contributed by atoms with Crippen molar-refractivity contribution in [1.82, 2.24) is 14.5 Å². The summed E-state index contributed by atoms with van der Waals surface area (Å²) in [5.74, 6) is 1.15. The molecule has 1 fully saturated rings. The number of rotatable bonds is 8. The molecule has 6 nitrogen and oxygen atoms in total. The number of aromatic nitrogens is 2. The van der Waals surface area contributed by atoms with Gasteiger partial charge in [-0.3, -0.25) is 9.69 Å². The maximum absolute atomic E-state index is 13.1. The molecular weight excluding hydrogens is 433 g/mol. The van der Waals surface area contributed by atoms with Crippen molar-refractivity contribution in [1.29, 1.82) is 0 Å². The standard InChI is InChI=1S/C24H27ClFN3O3/c1-2-31-24(30)17-9-11-28(12-10-17)16-23-27-21-8-3-18(25)15-22(21)29(23)13-14-32-20-6-4-19(26)5-7-20/h3-8,15,17H,2,9-14,16H2,1H3. The number of hydrogen-bond acceptors (Lipinski definition) is 5. The lowest BCUT2D eigenvalue weighted by Gasteiger charge is -2.30. The quantitative estimate of drug-likeness (QED) is 0.458. The second-order valence-corrected chi connectivity index (χ2v) is 8.35. The number of benzene rings is 2. The van der Waals surface area contributed by atoms with Gasteiger partial charge >= 0.3 is 5.97 Å². The van der Waals surface area contributed by atoms with Crippen molar-refractivity contribution in [2.24, 2.45) is 5.92 Å². The van der Waals surface area contributed by atoms with Crippen LogP contribution in [0.25, 0.3) is 11.0 Å². The van der Waals surface area contributed by atoms with Crippen molar-refractivity contribution in [2.45, 2.75) is 32.9 Å². The summed E-state index contributed by atoms with van der Waals surface area (Å²) in [4.78, 5) is 19.2. The summed E-state index contributed by atoms with van der Waals surface area (Å²) in [6.45, 7) is 5.58. The van der Waals surface area contributed by atoms with Gasteiger partial charge in [-0.15, -0.1) is 0 Å². The molecule has 0 radical (unpaired) electrons. The number of halogens is 2. The summed E-state index contributed by atoms with van der Waals surface area (Å²) >= 11 is 6.25. The Balaban J connectivity index is 1.45. The minimum absolute atomic E-state index is 0.0204. The normalized spacial score (nSPS) is 15.2. The average Bonchev–Trinajstić information content (AvgIpc) is 3.12. The summed E-state index contributed by atoms with van der Waals surface area (Å²) in [7, 11) is 0. The number of carbonyl (C=O) groups is 1. The zero-order valence-electron chi connectivity index (χ0n) is 18.1. The maximum atomic E-state index is 13.1. The number of carbonyl (C=O) groups excluding carboxylic acids is 1. The number of hydrogen-bond donors (Lipinski definition) is 0. The topological polar surface area (TPSA) is 56.6 Å². The van der Waals surface area contributed by atoms with Crippen LogP contribution in [0, 0.1) is 11.7 Å². The number of imidazole rings is 1. The van der Waals surface area contributed by atoms with Gasteiger partial charge in [0.1, 0.15) is 24.0 Å². The van der Waals surface area contributed by atoms with Crippen LogP contribution in [0.3, 0.4) is 0 Å². The first-order valence-electron chi connectivity index (χ1n) is 11.0. The summed E-state index contributed by atoms with van der Waals surface area (Å²) in [5.41, 5.74) is 1.84. The lowest BCUT2D eigenvalue weighted by atomic mass is 9.97. The van der Waals surface area contributed by atoms with Crippen LogP contribution in [0.2, 0.25) is 5.02 Å². The highest BCUT2D eigenvalue weighted by Gasteiger charge is 2.27. The zero-order chi connectivity index (χ0) is 22.5. The molecule has 0 amide bonds. The van der Waals surface area contributed by atoms with E-state index in [0.717, 1.165) is 42.8 Å². The molecule has 4 rings (SSSR count). The van der Waals surface area contributed by atoms with Crippen molar-refractivity contribution >= 4 is 28.6 Å². The van der Waals surface area contributed by atoms with E-state index in [4.69, 9.17) is 26.1 Å². The van der Waals surface area contributed by atoms with E-state index in [1.807, 2.05) is 25.1 Å². The maximum Gasteiger partial charge on any atom is 0.309 e. The Morgan fingerprint density at radius 1 is 1.19 bits per heavy atom. The Hall–Kier alpha value is -2.64. The van der Waals surface area contributed by atoms with Crippen molar-refractivity contribution in [3.63, 3.8) is 0 Å². The Kier molecular flexibility index (Phi) is 7.27. The smallest absolute Gasteiger partial charge is 0.309 e. The van der Waals surface area contributed by atoms with E-state index in [0.29, 0.717) is 37.1 Å². The number of piperidine rings is 1. The SMILES string of the molecule is CCOC(=O)C1CCN(Cc2nc3ccc(Cl)cc3n2CCOc2ccc(F)cc2)CC1. The van der Waals surface area contributed by atoms with Gasteiger partial charge < -0.3 is 14.0 Å². The van der Waals surface area contributed by atoms with Gasteiger partial charge in [-0.2, -0.15) is 0 Å². The third kappa shape index (κ3) is 5.40. The van der Waals surface area contributed by atoms with Gasteiger partial charge in [0.2, 0.25) is 0 Å². The lowest BCUT2D eigenvalue weighted by molar-refractivity contribution is -0.149. The fourth-order valence-corrected chi connectivity index (χ4v) is 4.25. The molecule has 1 saturated heterocycles. The third-order valence-electron chi connectivity index (χ3n) is 5.76. The van der Waals surface area contributed by atoms with E-state index in [9.17, 15) is 9.18 Å². The molecule has 0 saturated carbocycles. The molecule has 0 atom stereocenters. The van der Waals surface area contributed by atoms with E-state index in [1.54, 1.807) is 12.1 Å². The highest BCUT2D eigenvalue weighted by molar-refractivity contribution is 6.31. The molecule has 2 heterocycles. The number of fused-ring (bicyclic) bond motifs is 1. The van der Waals surface area contributed by atoms with E-state index in [-0.39, 0.29) is 17.7 Å². The number of likely N-dealkylation sites (tertiary alicyclic amines) is 1. The van der Waals surface area contributed by atoms with E-state index in [1.165, 1.54) is 12.1 Å². The van der Waals surface area contributed by atoms with E-state index in [2.05, 4.69) is 9.47 Å². The second kappa shape index (κ2) is 10.3. The Morgan fingerprint density at radius 3 is 2.66 bits per heavy atom. The average molecular weight is 460 g/mol. The Labute approximate surface area is 191 Å². The molecule has 1 aliphatic rings. The predicted octanol–water partition coefficient (Wildman–Crippen LogP) is 4.68. The minimum Gasteiger partial charge on any atom is -0.492 e. The number of ether oxygens (including phenoxy) is 2. The van der Waals surface area contributed by atoms with Crippen LogP contribution in [0.5, 0.6) is 5.75 Å². The van der Waals surface area contributed by atoms with E-state index >= 15 is 0 Å². The fourth-order valence-electron chi connectivity index (χ4n) is 4.09. The van der Waals surface area contributed by atoms with Gasteiger partial charge in [0.15, 0.2) is 0 Å². The van der Waals surface area contributed by atoms with Crippen LogP contribution in [0.1, 0.15) is 25.6 Å². The third-order valence-corrected chi connectivity index (χ3v) is 5.99. The molecule has 8 heteroatoms. The molecular formula is C24H27ClFN3O3. The molecule has 0 unspecified atom stereocenters. The largest absolute Gasteiger partial charge is 0.492 e. The number of esters is 1. The van der Waals surface area contributed by atoms with Gasteiger partial charge in [-0.1, -0.05) is 11.6 Å². The molecule has 0 N–H and O–H groups in total. The number of nitrogens with zero attached hydrogens (tertiary/aromatic N) is 3. The van der Waals surface area contributed by atoms with Gasteiger partial charge in [0.25, 0.3) is 0 Å². The van der Waals surface area contributed by atoms with Crippen LogP contribution < -0.4 is 4.74 Å². The molecule has 3 aromatic rings. The summed E-state index contributed by atoms with van der Waals surface area (Å²) < 4.78 is 26.2. The first-order chi connectivity index (χ1) is 15.5. The van der Waals surface area contributed by atoms with Crippen molar-refractivity contribution in [2.75, 3.05) is 26.3 Å². The molecule has 32 heavy (non-hydrogen) atoms. The van der Waals surface area contributed by atoms with Crippen molar-refractivity contribution in [3.8, 4) is 5.75 Å². The van der Waals surface area contributed by atoms with Gasteiger partial charge in [-0.25, -0.2) is 9.37 Å². The van der Waals surface area contributed by atoms with Crippen molar-refractivity contribution < 1.29 is 18.7 Å². The molecule has 1 aliphatic heterocycles. The highest BCUT2D eigenvalue weighted by atomic mass is 35.5. The summed E-state index contributed by atoms with van der Waals surface area (Å²) in [6.07, 6.45) is 1.58. The van der Waals surface area contributed by atoms with Gasteiger partial charge in [-0.05, 0) is 75.3 Å². The highest BCUT2D eigenvalue weighted by Crippen LogP contribution is 2.24. The minimum atomic E-state index is -0.290. The zero-order valence-corrected chi connectivity index (χ0v) is 18.9. The molecule has 0 spiro atoms. The van der Waals surface area contributed by atoms with Crippen LogP contribution in [0.15, 0.2) is 42.5 Å². The van der Waals surface area contributed by atoms with Crippen LogP contribution >= 0.6 is 11.6 Å².